The van der Waals surface area contributed by atoms with Crippen molar-refractivity contribution in [3.63, 3.8) is 0 Å². The minimum atomic E-state index is 0.490. The molecule has 25 heavy (non-hydrogen) atoms. The number of nitrogens with two attached hydrogens (primary N) is 1. The first kappa shape index (κ1) is 17.4. The van der Waals surface area contributed by atoms with Gasteiger partial charge in [0, 0.05) is 16.3 Å². The van der Waals surface area contributed by atoms with Crippen LogP contribution in [0.1, 0.15) is 0 Å². The fourth-order valence-electron chi connectivity index (χ4n) is 2.22. The zero-order chi connectivity index (χ0) is 17.6. The van der Waals surface area contributed by atoms with Gasteiger partial charge in [-0.25, -0.2) is 4.68 Å². The molecule has 2 N–H and O–H groups in total. The predicted molar refractivity (Wildman–Crippen MR) is 99.8 cm³/mol. The summed E-state index contributed by atoms with van der Waals surface area (Å²) in [5.41, 5.74) is 0.819. The molecular formula is C17H17ClN4O2S. The largest absolute Gasteiger partial charge is 0.493 e. The van der Waals surface area contributed by atoms with Gasteiger partial charge in [-0.2, -0.15) is 0 Å². The van der Waals surface area contributed by atoms with Crippen LogP contribution in [0.4, 0.5) is 0 Å². The summed E-state index contributed by atoms with van der Waals surface area (Å²) in [6.07, 6.45) is 0. The Balaban J connectivity index is 1.59. The monoisotopic (exact) mass is 376 g/mol. The lowest BCUT2D eigenvalue weighted by molar-refractivity contribution is 0.313. The summed E-state index contributed by atoms with van der Waals surface area (Å²) >= 11 is 7.47. The SMILES string of the molecule is COc1ccccc1OCCSc1nnc(-c2cccc(Cl)c2)n1N. The topological polar surface area (TPSA) is 75.2 Å². The van der Waals surface area contributed by atoms with Crippen LogP contribution >= 0.6 is 23.4 Å². The van der Waals surface area contributed by atoms with E-state index in [4.69, 9.17) is 26.9 Å². The van der Waals surface area contributed by atoms with Gasteiger partial charge in [0.1, 0.15) is 0 Å². The molecule has 0 aliphatic carbocycles. The molecule has 3 aromatic rings. The molecule has 2 aromatic carbocycles. The molecule has 0 saturated heterocycles. The van der Waals surface area contributed by atoms with E-state index in [1.165, 1.54) is 16.4 Å². The number of para-hydroxylation sites is 2. The van der Waals surface area contributed by atoms with E-state index in [2.05, 4.69) is 10.2 Å². The normalized spacial score (nSPS) is 10.6. The third-order valence-corrected chi connectivity index (χ3v) is 4.53. The number of nitrogen functional groups attached to an aromatic ring is 1. The fraction of sp³-hybridized carbons (Fsp3) is 0.176. The number of benzene rings is 2. The van der Waals surface area contributed by atoms with Gasteiger partial charge in [-0.3, -0.25) is 0 Å². The summed E-state index contributed by atoms with van der Waals surface area (Å²) in [4.78, 5) is 0. The van der Waals surface area contributed by atoms with Crippen molar-refractivity contribution in [2.75, 3.05) is 25.3 Å². The molecule has 0 spiro atoms. The molecule has 0 bridgehead atoms. The zero-order valence-electron chi connectivity index (χ0n) is 13.6. The molecule has 8 heteroatoms. The van der Waals surface area contributed by atoms with Crippen LogP contribution in [0.15, 0.2) is 53.7 Å². The number of rotatable bonds is 7. The summed E-state index contributed by atoms with van der Waals surface area (Å²) < 4.78 is 12.4. The van der Waals surface area contributed by atoms with Crippen molar-refractivity contribution in [1.29, 1.82) is 0 Å². The van der Waals surface area contributed by atoms with Crippen molar-refractivity contribution < 1.29 is 9.47 Å². The lowest BCUT2D eigenvalue weighted by Gasteiger charge is -2.09. The van der Waals surface area contributed by atoms with E-state index in [1.54, 1.807) is 19.2 Å². The molecule has 0 atom stereocenters. The second kappa shape index (κ2) is 8.13. The molecule has 0 fully saturated rings. The predicted octanol–water partition coefficient (Wildman–Crippen LogP) is 3.49. The van der Waals surface area contributed by atoms with E-state index in [-0.39, 0.29) is 0 Å². The van der Waals surface area contributed by atoms with Gasteiger partial charge in [0.2, 0.25) is 5.16 Å². The Kier molecular flexibility index (Phi) is 5.67. The van der Waals surface area contributed by atoms with Gasteiger partial charge in [-0.05, 0) is 24.3 Å². The minimum Gasteiger partial charge on any atom is -0.493 e. The number of methoxy groups -OCH3 is 1. The average molecular weight is 377 g/mol. The van der Waals surface area contributed by atoms with Gasteiger partial charge in [-0.15, -0.1) is 10.2 Å². The van der Waals surface area contributed by atoms with Gasteiger partial charge in [0.25, 0.3) is 0 Å². The maximum absolute atomic E-state index is 6.09. The van der Waals surface area contributed by atoms with Gasteiger partial charge in [0.05, 0.1) is 13.7 Å². The highest BCUT2D eigenvalue weighted by Crippen LogP contribution is 2.27. The van der Waals surface area contributed by atoms with Crippen molar-refractivity contribution in [2.45, 2.75) is 5.16 Å². The van der Waals surface area contributed by atoms with E-state index in [9.17, 15) is 0 Å². The molecular weight excluding hydrogens is 360 g/mol. The van der Waals surface area contributed by atoms with Gasteiger partial charge in [-0.1, -0.05) is 47.6 Å². The molecule has 130 valence electrons. The van der Waals surface area contributed by atoms with Crippen LogP contribution in [0.3, 0.4) is 0 Å². The first-order valence-corrected chi connectivity index (χ1v) is 8.90. The summed E-state index contributed by atoms with van der Waals surface area (Å²) in [6.45, 7) is 0.490. The maximum Gasteiger partial charge on any atom is 0.210 e. The molecule has 1 aromatic heterocycles. The number of ether oxygens (including phenoxy) is 2. The maximum atomic E-state index is 6.09. The van der Waals surface area contributed by atoms with Crippen LogP contribution in [-0.2, 0) is 0 Å². The Bertz CT molecular complexity index is 856. The van der Waals surface area contributed by atoms with E-state index >= 15 is 0 Å². The standard InChI is InChI=1S/C17H17ClN4O2S/c1-23-14-7-2-3-8-15(14)24-9-10-25-17-21-20-16(22(17)19)12-5-4-6-13(18)11-12/h2-8,11H,9-10,19H2,1H3. The Morgan fingerprint density at radius 3 is 2.68 bits per heavy atom. The van der Waals surface area contributed by atoms with Crippen LogP contribution in [0.5, 0.6) is 11.5 Å². The van der Waals surface area contributed by atoms with Crippen LogP contribution in [0, 0.1) is 0 Å². The molecule has 0 radical (unpaired) electrons. The molecule has 0 saturated carbocycles. The fourth-order valence-corrected chi connectivity index (χ4v) is 3.09. The number of aromatic nitrogens is 3. The number of thioether (sulfide) groups is 1. The van der Waals surface area contributed by atoms with Gasteiger partial charge < -0.3 is 15.3 Å². The summed E-state index contributed by atoms with van der Waals surface area (Å²) in [6, 6.07) is 14.9. The van der Waals surface area contributed by atoms with E-state index in [1.807, 2.05) is 36.4 Å². The van der Waals surface area contributed by atoms with Crippen molar-refractivity contribution in [3.8, 4) is 22.9 Å². The Labute approximate surface area is 154 Å². The molecule has 0 aliphatic heterocycles. The number of nitrogens with zero attached hydrogens (tertiary/aromatic N) is 3. The minimum absolute atomic E-state index is 0.490. The number of hydrogen-bond acceptors (Lipinski definition) is 6. The quantitative estimate of drug-likeness (QED) is 0.386. The van der Waals surface area contributed by atoms with E-state index < -0.39 is 0 Å². The van der Waals surface area contributed by atoms with Gasteiger partial charge >= 0.3 is 0 Å². The first-order chi connectivity index (χ1) is 12.2. The number of hydrogen-bond donors (Lipinski definition) is 1. The second-order valence-corrected chi connectivity index (χ2v) is 6.53. The molecule has 6 nitrogen and oxygen atoms in total. The molecule has 1 heterocycles. The van der Waals surface area contributed by atoms with Crippen LogP contribution in [0.2, 0.25) is 5.02 Å². The second-order valence-electron chi connectivity index (χ2n) is 5.03. The van der Waals surface area contributed by atoms with Crippen molar-refractivity contribution in [1.82, 2.24) is 14.9 Å². The first-order valence-electron chi connectivity index (χ1n) is 7.54. The van der Waals surface area contributed by atoms with Crippen molar-refractivity contribution >= 4 is 23.4 Å². The number of halogens is 1. The average Bonchev–Trinajstić information content (AvgIpc) is 3.00. The highest BCUT2D eigenvalue weighted by atomic mass is 35.5. The van der Waals surface area contributed by atoms with Crippen LogP contribution < -0.4 is 15.3 Å². The summed E-state index contributed by atoms with van der Waals surface area (Å²) in [5.74, 6) is 8.74. The lowest BCUT2D eigenvalue weighted by atomic mass is 10.2. The molecule has 0 amide bonds. The van der Waals surface area contributed by atoms with E-state index in [0.29, 0.717) is 39.9 Å². The van der Waals surface area contributed by atoms with Crippen molar-refractivity contribution in [3.05, 3.63) is 53.6 Å². The Morgan fingerprint density at radius 1 is 1.12 bits per heavy atom. The lowest BCUT2D eigenvalue weighted by Crippen LogP contribution is -2.12. The van der Waals surface area contributed by atoms with Crippen LogP contribution in [-0.4, -0.2) is 34.3 Å². The highest BCUT2D eigenvalue weighted by Gasteiger charge is 2.12. The molecule has 0 unspecified atom stereocenters. The smallest absolute Gasteiger partial charge is 0.210 e. The van der Waals surface area contributed by atoms with E-state index in [0.717, 1.165) is 5.56 Å². The third-order valence-electron chi connectivity index (χ3n) is 3.39. The summed E-state index contributed by atoms with van der Waals surface area (Å²) in [5, 5.41) is 9.50. The molecule has 0 aliphatic rings. The zero-order valence-corrected chi connectivity index (χ0v) is 15.1. The summed E-state index contributed by atoms with van der Waals surface area (Å²) in [7, 11) is 1.62. The Morgan fingerprint density at radius 2 is 1.92 bits per heavy atom. The Hall–Kier alpha value is -2.38. The third kappa shape index (κ3) is 4.18. The molecule has 3 rings (SSSR count). The van der Waals surface area contributed by atoms with Crippen molar-refractivity contribution in [2.24, 2.45) is 0 Å². The highest BCUT2D eigenvalue weighted by molar-refractivity contribution is 7.99. The van der Waals surface area contributed by atoms with Crippen LogP contribution in [0.25, 0.3) is 11.4 Å². The van der Waals surface area contributed by atoms with Gasteiger partial charge in [0.15, 0.2) is 17.3 Å².